The number of hydrogen-bond donors (Lipinski definition) is 0. The van der Waals surface area contributed by atoms with Gasteiger partial charge in [0.2, 0.25) is 11.8 Å². The van der Waals surface area contributed by atoms with E-state index in [1.165, 1.54) is 24.3 Å². The van der Waals surface area contributed by atoms with Crippen molar-refractivity contribution in [2.24, 2.45) is 16.9 Å². The Kier molecular flexibility index (Phi) is 4.44. The van der Waals surface area contributed by atoms with Gasteiger partial charge in [0.15, 0.2) is 6.04 Å². The Morgan fingerprint density at radius 3 is 2.34 bits per heavy atom. The quantitative estimate of drug-likeness (QED) is 0.535. The molecule has 0 spiro atoms. The highest BCUT2D eigenvalue weighted by atomic mass is 19.1. The lowest BCUT2D eigenvalue weighted by Crippen LogP contribution is -2.46. The van der Waals surface area contributed by atoms with Crippen LogP contribution in [0.2, 0.25) is 0 Å². The van der Waals surface area contributed by atoms with Crippen LogP contribution in [0, 0.1) is 17.7 Å². The second kappa shape index (κ2) is 6.98. The molecule has 2 aromatic rings. The number of halogens is 1. The first-order valence-corrected chi connectivity index (χ1v) is 10.4. The molecule has 0 N–H and O–H groups in total. The van der Waals surface area contributed by atoms with Crippen LogP contribution in [-0.2, 0) is 19.1 Å². The number of rotatable bonds is 2. The predicted octanol–water partition coefficient (Wildman–Crippen LogP) is 3.05. The summed E-state index contributed by atoms with van der Waals surface area (Å²) in [6.07, 6.45) is 1.64. The summed E-state index contributed by atoms with van der Waals surface area (Å²) in [5.41, 5.74) is 1.16. The molecule has 32 heavy (non-hydrogen) atoms. The number of nitrogens with zero attached hydrogens (tertiary/aromatic N) is 3. The van der Waals surface area contributed by atoms with E-state index >= 15 is 0 Å². The average Bonchev–Trinajstić information content (AvgIpc) is 3.21. The molecule has 3 heterocycles. The SMILES string of the molecule is CC(C)(C)OC(=O)[C@@H]1[C@@H]2C(=O)N(c3ccc(F)cc3)C(=O)[C@@H]2[C@@H]2c3ccccc3C=NN12. The molecule has 3 aliphatic heterocycles. The molecule has 2 fully saturated rings. The van der Waals surface area contributed by atoms with Gasteiger partial charge >= 0.3 is 5.97 Å². The number of hydrazone groups is 1. The maximum absolute atomic E-state index is 13.6. The minimum atomic E-state index is -1.05. The van der Waals surface area contributed by atoms with Gasteiger partial charge in [-0.2, -0.15) is 5.10 Å². The topological polar surface area (TPSA) is 79.3 Å². The molecule has 164 valence electrons. The van der Waals surface area contributed by atoms with E-state index in [4.69, 9.17) is 4.74 Å². The molecule has 0 saturated carbocycles. The summed E-state index contributed by atoms with van der Waals surface area (Å²) in [7, 11) is 0. The number of ether oxygens (including phenoxy) is 1. The van der Waals surface area contributed by atoms with E-state index in [1.54, 1.807) is 32.0 Å². The van der Waals surface area contributed by atoms with Gasteiger partial charge in [0, 0.05) is 0 Å². The number of fused-ring (bicyclic) bond motifs is 5. The second-order valence-corrected chi connectivity index (χ2v) is 9.22. The summed E-state index contributed by atoms with van der Waals surface area (Å²) in [6.45, 7) is 5.24. The summed E-state index contributed by atoms with van der Waals surface area (Å²) in [4.78, 5) is 41.4. The molecule has 0 aliphatic carbocycles. The number of imide groups is 1. The Morgan fingerprint density at radius 2 is 1.66 bits per heavy atom. The Labute approximate surface area is 184 Å². The highest BCUT2D eigenvalue weighted by molar-refractivity contribution is 6.23. The summed E-state index contributed by atoms with van der Waals surface area (Å²) in [5, 5.41) is 6.01. The van der Waals surface area contributed by atoms with Gasteiger partial charge in [0.1, 0.15) is 11.4 Å². The molecule has 8 heteroatoms. The number of amides is 2. The molecule has 0 bridgehead atoms. The lowest BCUT2D eigenvalue weighted by molar-refractivity contribution is -0.163. The van der Waals surface area contributed by atoms with Crippen molar-refractivity contribution < 1.29 is 23.5 Å². The van der Waals surface area contributed by atoms with Crippen LogP contribution in [0.3, 0.4) is 0 Å². The first kappa shape index (κ1) is 20.4. The van der Waals surface area contributed by atoms with E-state index in [2.05, 4.69) is 5.10 Å². The largest absolute Gasteiger partial charge is 0.458 e. The van der Waals surface area contributed by atoms with Crippen LogP contribution in [-0.4, -0.2) is 40.7 Å². The van der Waals surface area contributed by atoms with Gasteiger partial charge in [0.05, 0.1) is 29.8 Å². The van der Waals surface area contributed by atoms with Crippen molar-refractivity contribution in [2.45, 2.75) is 38.5 Å². The molecule has 0 unspecified atom stereocenters. The smallest absolute Gasteiger partial charge is 0.331 e. The van der Waals surface area contributed by atoms with E-state index in [1.807, 2.05) is 24.3 Å². The van der Waals surface area contributed by atoms with Crippen molar-refractivity contribution >= 4 is 29.7 Å². The van der Waals surface area contributed by atoms with E-state index in [0.29, 0.717) is 0 Å². The lowest BCUT2D eigenvalue weighted by Gasteiger charge is -2.34. The fourth-order valence-corrected chi connectivity index (χ4v) is 4.85. The van der Waals surface area contributed by atoms with Crippen molar-refractivity contribution in [3.8, 4) is 0 Å². The molecule has 5 rings (SSSR count). The van der Waals surface area contributed by atoms with Gasteiger partial charge in [-0.15, -0.1) is 0 Å². The normalized spacial score (nSPS) is 26.1. The molecule has 2 amide bonds. The fraction of sp³-hybridized carbons (Fsp3) is 0.333. The zero-order valence-corrected chi connectivity index (χ0v) is 17.9. The second-order valence-electron chi connectivity index (χ2n) is 9.22. The molecule has 2 saturated heterocycles. The highest BCUT2D eigenvalue weighted by Gasteiger charge is 2.66. The first-order valence-electron chi connectivity index (χ1n) is 10.4. The number of anilines is 1. The van der Waals surface area contributed by atoms with E-state index in [-0.39, 0.29) is 5.69 Å². The average molecular weight is 435 g/mol. The maximum Gasteiger partial charge on any atom is 0.331 e. The van der Waals surface area contributed by atoms with Crippen LogP contribution in [0.15, 0.2) is 53.6 Å². The van der Waals surface area contributed by atoms with Crippen LogP contribution in [0.25, 0.3) is 0 Å². The summed E-state index contributed by atoms with van der Waals surface area (Å²) in [5.74, 6) is -3.79. The summed E-state index contributed by atoms with van der Waals surface area (Å²) in [6, 6.07) is 11.0. The molecule has 2 aromatic carbocycles. The molecule has 7 nitrogen and oxygen atoms in total. The highest BCUT2D eigenvalue weighted by Crippen LogP contribution is 2.52. The lowest BCUT2D eigenvalue weighted by atomic mass is 9.85. The summed E-state index contributed by atoms with van der Waals surface area (Å²) >= 11 is 0. The van der Waals surface area contributed by atoms with Crippen LogP contribution in [0.1, 0.15) is 37.9 Å². The Bertz CT molecular complexity index is 1150. The Morgan fingerprint density at radius 1 is 1.00 bits per heavy atom. The number of hydrogen-bond acceptors (Lipinski definition) is 6. The summed E-state index contributed by atoms with van der Waals surface area (Å²) < 4.78 is 19.1. The minimum absolute atomic E-state index is 0.276. The van der Waals surface area contributed by atoms with Gasteiger partial charge in [-0.1, -0.05) is 24.3 Å². The Balaban J connectivity index is 1.62. The van der Waals surface area contributed by atoms with Crippen LogP contribution < -0.4 is 4.90 Å². The van der Waals surface area contributed by atoms with Gasteiger partial charge in [-0.25, -0.2) is 14.1 Å². The standard InChI is InChI=1S/C24H22FN3O4/c1-24(2,3)32-23(31)20-18-17(19-16-7-5-4-6-13(16)12-26-28(19)20)21(29)27(22(18)30)15-10-8-14(25)9-11-15/h4-12,17-20H,1-3H3/t17-,18+,19-,20-/m0/s1. The van der Waals surface area contributed by atoms with Gasteiger partial charge in [0.25, 0.3) is 0 Å². The van der Waals surface area contributed by atoms with E-state index in [0.717, 1.165) is 16.0 Å². The number of carbonyl (C=O) groups excluding carboxylic acids is 3. The number of carbonyl (C=O) groups is 3. The monoisotopic (exact) mass is 435 g/mol. The van der Waals surface area contributed by atoms with Crippen LogP contribution >= 0.6 is 0 Å². The van der Waals surface area contributed by atoms with Crippen molar-refractivity contribution in [3.63, 3.8) is 0 Å². The van der Waals surface area contributed by atoms with Crippen molar-refractivity contribution in [1.82, 2.24) is 5.01 Å². The molecule has 4 atom stereocenters. The van der Waals surface area contributed by atoms with Gasteiger partial charge < -0.3 is 4.74 Å². The number of benzene rings is 2. The van der Waals surface area contributed by atoms with E-state index in [9.17, 15) is 18.8 Å². The van der Waals surface area contributed by atoms with Crippen LogP contribution in [0.4, 0.5) is 10.1 Å². The third-order valence-electron chi connectivity index (χ3n) is 6.03. The third kappa shape index (κ3) is 3.01. The molecule has 0 aromatic heterocycles. The molecular weight excluding hydrogens is 413 g/mol. The minimum Gasteiger partial charge on any atom is -0.458 e. The zero-order valence-electron chi connectivity index (χ0n) is 17.9. The van der Waals surface area contributed by atoms with Crippen molar-refractivity contribution in [1.29, 1.82) is 0 Å². The first-order chi connectivity index (χ1) is 15.2. The van der Waals surface area contributed by atoms with Crippen molar-refractivity contribution in [2.75, 3.05) is 4.90 Å². The zero-order chi connectivity index (χ0) is 22.8. The van der Waals surface area contributed by atoms with E-state index < -0.39 is 53.1 Å². The van der Waals surface area contributed by atoms with Gasteiger partial charge in [-0.05, 0) is 56.2 Å². The molecule has 0 radical (unpaired) electrons. The third-order valence-corrected chi connectivity index (χ3v) is 6.03. The van der Waals surface area contributed by atoms with Crippen molar-refractivity contribution in [3.05, 3.63) is 65.5 Å². The maximum atomic E-state index is 13.6. The molecular formula is C24H22FN3O4. The fourth-order valence-electron chi connectivity index (χ4n) is 4.85. The number of esters is 1. The predicted molar refractivity (Wildman–Crippen MR) is 114 cm³/mol. The Hall–Kier alpha value is -3.55. The molecule has 3 aliphatic rings. The van der Waals surface area contributed by atoms with Gasteiger partial charge in [-0.3, -0.25) is 14.6 Å². The van der Waals surface area contributed by atoms with Crippen LogP contribution in [0.5, 0.6) is 0 Å².